The van der Waals surface area contributed by atoms with Gasteiger partial charge in [-0.25, -0.2) is 4.79 Å². The van der Waals surface area contributed by atoms with Gasteiger partial charge in [-0.1, -0.05) is 88.7 Å². The van der Waals surface area contributed by atoms with Crippen LogP contribution in [0.2, 0.25) is 0 Å². The van der Waals surface area contributed by atoms with Crippen LogP contribution in [0.15, 0.2) is 72.8 Å². The normalized spacial score (nSPS) is 14.3. The molecule has 0 heterocycles. The van der Waals surface area contributed by atoms with E-state index in [0.717, 1.165) is 16.7 Å². The van der Waals surface area contributed by atoms with Crippen molar-refractivity contribution in [2.75, 3.05) is 13.2 Å². The van der Waals surface area contributed by atoms with Crippen LogP contribution in [-0.4, -0.2) is 35.6 Å². The highest BCUT2D eigenvalue weighted by Crippen LogP contribution is 2.44. The SMILES string of the molecule is O=C(NCCC(O)C(O)c1cccc(CBr)c1)OCC1c2ccccc2-c2ccccc21. The van der Waals surface area contributed by atoms with E-state index in [-0.39, 0.29) is 25.5 Å². The number of aliphatic hydroxyl groups is 2. The zero-order valence-electron chi connectivity index (χ0n) is 17.6. The molecule has 3 N–H and O–H groups in total. The molecule has 32 heavy (non-hydrogen) atoms. The molecule has 0 fully saturated rings. The molecule has 2 unspecified atom stereocenters. The summed E-state index contributed by atoms with van der Waals surface area (Å²) in [5.41, 5.74) is 6.34. The average molecular weight is 496 g/mol. The molecule has 0 saturated carbocycles. The number of aliphatic hydroxyl groups excluding tert-OH is 2. The van der Waals surface area contributed by atoms with E-state index in [4.69, 9.17) is 4.74 Å². The molecule has 5 nitrogen and oxygen atoms in total. The number of nitrogens with one attached hydrogen (secondary N) is 1. The third-order valence-electron chi connectivity index (χ3n) is 5.86. The molecular formula is C26H26BrNO4. The maximum Gasteiger partial charge on any atom is 0.407 e. The first-order valence-electron chi connectivity index (χ1n) is 10.7. The Labute approximate surface area is 196 Å². The Morgan fingerprint density at radius 2 is 1.62 bits per heavy atom. The highest BCUT2D eigenvalue weighted by Gasteiger charge is 2.29. The predicted octanol–water partition coefficient (Wildman–Crippen LogP) is 4.90. The number of benzene rings is 3. The lowest BCUT2D eigenvalue weighted by molar-refractivity contribution is 0.0136. The number of fused-ring (bicyclic) bond motifs is 3. The number of hydrogen-bond acceptors (Lipinski definition) is 4. The van der Waals surface area contributed by atoms with Crippen LogP contribution < -0.4 is 5.32 Å². The van der Waals surface area contributed by atoms with E-state index in [0.29, 0.717) is 10.9 Å². The van der Waals surface area contributed by atoms with Crippen molar-refractivity contribution in [2.24, 2.45) is 0 Å². The van der Waals surface area contributed by atoms with Gasteiger partial charge in [0.1, 0.15) is 12.7 Å². The van der Waals surface area contributed by atoms with Crippen LogP contribution >= 0.6 is 15.9 Å². The minimum atomic E-state index is -1.02. The Hall–Kier alpha value is -2.67. The molecule has 3 aromatic rings. The zero-order chi connectivity index (χ0) is 22.5. The Balaban J connectivity index is 1.28. The molecule has 3 aromatic carbocycles. The van der Waals surface area contributed by atoms with Gasteiger partial charge in [0.15, 0.2) is 0 Å². The summed E-state index contributed by atoms with van der Waals surface area (Å²) in [6.45, 7) is 0.442. The molecule has 166 valence electrons. The molecule has 0 radical (unpaired) electrons. The first kappa shape index (κ1) is 22.5. The van der Waals surface area contributed by atoms with Crippen LogP contribution in [-0.2, 0) is 10.1 Å². The quantitative estimate of drug-likeness (QED) is 0.388. The summed E-state index contributed by atoms with van der Waals surface area (Å²) >= 11 is 3.39. The van der Waals surface area contributed by atoms with E-state index in [9.17, 15) is 15.0 Å². The molecule has 0 aliphatic heterocycles. The predicted molar refractivity (Wildman–Crippen MR) is 128 cm³/mol. The van der Waals surface area contributed by atoms with E-state index in [1.165, 1.54) is 11.1 Å². The monoisotopic (exact) mass is 495 g/mol. The molecule has 0 aromatic heterocycles. The molecule has 1 amide bonds. The molecule has 0 spiro atoms. The van der Waals surface area contributed by atoms with Crippen molar-refractivity contribution < 1.29 is 19.7 Å². The lowest BCUT2D eigenvalue weighted by Gasteiger charge is -2.19. The summed E-state index contributed by atoms with van der Waals surface area (Å²) in [4.78, 5) is 12.2. The molecule has 6 heteroatoms. The van der Waals surface area contributed by atoms with Crippen LogP contribution in [0.1, 0.15) is 40.7 Å². The second kappa shape index (κ2) is 10.3. The average Bonchev–Trinajstić information content (AvgIpc) is 3.16. The maximum atomic E-state index is 12.2. The fraction of sp³-hybridized carbons (Fsp3) is 0.269. The number of halogens is 1. The van der Waals surface area contributed by atoms with Gasteiger partial charge in [0.05, 0.1) is 6.10 Å². The molecular weight excluding hydrogens is 470 g/mol. The third-order valence-corrected chi connectivity index (χ3v) is 6.51. The Bertz CT molecular complexity index is 1040. The summed E-state index contributed by atoms with van der Waals surface area (Å²) in [6, 6.07) is 23.8. The number of amides is 1. The summed E-state index contributed by atoms with van der Waals surface area (Å²) in [6.07, 6.45) is -2.33. The molecule has 4 rings (SSSR count). The van der Waals surface area contributed by atoms with E-state index >= 15 is 0 Å². The topological polar surface area (TPSA) is 78.8 Å². The summed E-state index contributed by atoms with van der Waals surface area (Å²) < 4.78 is 5.50. The van der Waals surface area contributed by atoms with Gasteiger partial charge in [-0.2, -0.15) is 0 Å². The van der Waals surface area contributed by atoms with Gasteiger partial charge in [-0.3, -0.25) is 0 Å². The van der Waals surface area contributed by atoms with Crippen molar-refractivity contribution in [3.8, 4) is 11.1 Å². The van der Waals surface area contributed by atoms with Gasteiger partial charge >= 0.3 is 6.09 Å². The van der Waals surface area contributed by atoms with Gasteiger partial charge in [-0.15, -0.1) is 0 Å². The highest BCUT2D eigenvalue weighted by molar-refractivity contribution is 9.08. The Morgan fingerprint density at radius 1 is 0.969 bits per heavy atom. The van der Waals surface area contributed by atoms with Crippen molar-refractivity contribution in [1.82, 2.24) is 5.32 Å². The second-order valence-electron chi connectivity index (χ2n) is 7.93. The fourth-order valence-corrected chi connectivity index (χ4v) is 4.56. The van der Waals surface area contributed by atoms with Gasteiger partial charge < -0.3 is 20.3 Å². The minimum absolute atomic E-state index is 0.00210. The Kier molecular flexibility index (Phi) is 7.25. The number of alkyl carbamates (subject to hydrolysis) is 1. The number of rotatable bonds is 8. The van der Waals surface area contributed by atoms with Crippen molar-refractivity contribution in [1.29, 1.82) is 0 Å². The van der Waals surface area contributed by atoms with Crippen LogP contribution in [0.3, 0.4) is 0 Å². The van der Waals surface area contributed by atoms with Crippen molar-refractivity contribution in [2.45, 2.75) is 29.9 Å². The van der Waals surface area contributed by atoms with E-state index < -0.39 is 18.3 Å². The van der Waals surface area contributed by atoms with Gasteiger partial charge in [0.25, 0.3) is 0 Å². The summed E-state index contributed by atoms with van der Waals surface area (Å²) in [5.74, 6) is 0.00210. The molecule has 2 atom stereocenters. The Morgan fingerprint density at radius 3 is 2.28 bits per heavy atom. The van der Waals surface area contributed by atoms with E-state index in [1.54, 1.807) is 6.07 Å². The first-order valence-corrected chi connectivity index (χ1v) is 11.8. The smallest absolute Gasteiger partial charge is 0.407 e. The van der Waals surface area contributed by atoms with Crippen molar-refractivity contribution >= 4 is 22.0 Å². The number of ether oxygens (including phenoxy) is 1. The van der Waals surface area contributed by atoms with Crippen LogP contribution in [0.4, 0.5) is 4.79 Å². The van der Waals surface area contributed by atoms with Crippen LogP contribution in [0.5, 0.6) is 0 Å². The standard InChI is InChI=1S/C26H26BrNO4/c27-15-17-6-5-7-18(14-17)25(30)24(29)12-13-28-26(31)32-16-23-21-10-3-1-8-19(21)20-9-2-4-11-22(20)23/h1-11,14,23-25,29-30H,12-13,15-16H2,(H,28,31). The lowest BCUT2D eigenvalue weighted by atomic mass is 9.98. The molecule has 1 aliphatic carbocycles. The fourth-order valence-electron chi connectivity index (χ4n) is 4.21. The van der Waals surface area contributed by atoms with Gasteiger partial charge in [0, 0.05) is 17.8 Å². The van der Waals surface area contributed by atoms with Crippen LogP contribution in [0, 0.1) is 0 Å². The third kappa shape index (κ3) is 4.88. The van der Waals surface area contributed by atoms with Crippen LogP contribution in [0.25, 0.3) is 11.1 Å². The van der Waals surface area contributed by atoms with Gasteiger partial charge in [-0.05, 0) is 39.8 Å². The number of carbonyl (C=O) groups is 1. The van der Waals surface area contributed by atoms with Gasteiger partial charge in [0.2, 0.25) is 0 Å². The van der Waals surface area contributed by atoms with Crippen molar-refractivity contribution in [3.63, 3.8) is 0 Å². The minimum Gasteiger partial charge on any atom is -0.449 e. The maximum absolute atomic E-state index is 12.2. The lowest BCUT2D eigenvalue weighted by Crippen LogP contribution is -2.30. The molecule has 0 bridgehead atoms. The van der Waals surface area contributed by atoms with Crippen molar-refractivity contribution in [3.05, 3.63) is 95.1 Å². The summed E-state index contributed by atoms with van der Waals surface area (Å²) in [7, 11) is 0. The number of alkyl halides is 1. The van der Waals surface area contributed by atoms with E-state index in [2.05, 4.69) is 45.5 Å². The number of carbonyl (C=O) groups excluding carboxylic acids is 1. The first-order chi connectivity index (χ1) is 15.6. The highest BCUT2D eigenvalue weighted by atomic mass is 79.9. The molecule has 0 saturated heterocycles. The molecule has 1 aliphatic rings. The van der Waals surface area contributed by atoms with E-state index in [1.807, 2.05) is 42.5 Å². The number of hydrogen-bond donors (Lipinski definition) is 3. The summed E-state index contributed by atoms with van der Waals surface area (Å²) in [5, 5.41) is 24.1. The largest absolute Gasteiger partial charge is 0.449 e. The second-order valence-corrected chi connectivity index (χ2v) is 8.49. The zero-order valence-corrected chi connectivity index (χ0v) is 19.2.